The molecule has 0 atom stereocenters. The van der Waals surface area contributed by atoms with Crippen molar-refractivity contribution in [2.24, 2.45) is 0 Å². The number of carboxylic acid groups (broad SMARTS) is 1. The van der Waals surface area contributed by atoms with Gasteiger partial charge in [0.1, 0.15) is 13.2 Å². The Hall–Kier alpha value is -1.56. The second-order valence-corrected chi connectivity index (χ2v) is 5.53. The molecule has 1 aromatic carbocycles. The van der Waals surface area contributed by atoms with E-state index in [9.17, 15) is 14.7 Å². The van der Waals surface area contributed by atoms with E-state index in [2.05, 4.69) is 15.9 Å². The molecule has 6 heteroatoms. The molecule has 0 unspecified atom stereocenters. The Balaban J connectivity index is 2.24. The van der Waals surface area contributed by atoms with Crippen molar-refractivity contribution in [3.05, 3.63) is 21.7 Å². The Morgan fingerprint density at radius 1 is 1.32 bits per heavy atom. The van der Waals surface area contributed by atoms with Gasteiger partial charge < -0.3 is 14.6 Å². The number of benzene rings is 1. The summed E-state index contributed by atoms with van der Waals surface area (Å²) in [7, 11) is 0. The molecule has 0 radical (unpaired) electrons. The first-order valence-electron chi connectivity index (χ1n) is 5.91. The van der Waals surface area contributed by atoms with Crippen molar-refractivity contribution in [3.63, 3.8) is 0 Å². The van der Waals surface area contributed by atoms with Crippen LogP contribution in [-0.4, -0.2) is 30.6 Å². The summed E-state index contributed by atoms with van der Waals surface area (Å²) < 4.78 is 11.6. The smallest absolute Gasteiger partial charge is 0.314 e. The highest BCUT2D eigenvalue weighted by atomic mass is 79.9. The van der Waals surface area contributed by atoms with E-state index in [0.717, 1.165) is 0 Å². The molecule has 2 aliphatic rings. The Labute approximate surface area is 117 Å². The molecule has 1 saturated carbocycles. The molecule has 0 amide bonds. The number of carboxylic acids is 1. The predicted octanol–water partition coefficient (Wildman–Crippen LogP) is 2.15. The Kier molecular flexibility index (Phi) is 2.78. The highest BCUT2D eigenvalue weighted by Gasteiger charge is 2.54. The third-order valence-corrected chi connectivity index (χ3v) is 4.25. The minimum Gasteiger partial charge on any atom is -0.486 e. The number of hydrogen-bond donors (Lipinski definition) is 1. The van der Waals surface area contributed by atoms with Crippen LogP contribution in [-0.2, 0) is 10.2 Å². The van der Waals surface area contributed by atoms with E-state index in [1.807, 2.05) is 0 Å². The van der Waals surface area contributed by atoms with E-state index >= 15 is 0 Å². The van der Waals surface area contributed by atoms with Gasteiger partial charge in [0.25, 0.3) is 0 Å². The molecule has 19 heavy (non-hydrogen) atoms. The molecule has 1 aliphatic heterocycles. The van der Waals surface area contributed by atoms with Gasteiger partial charge in [-0.15, -0.1) is 0 Å². The highest BCUT2D eigenvalue weighted by molar-refractivity contribution is 9.10. The van der Waals surface area contributed by atoms with Crippen molar-refractivity contribution >= 4 is 28.2 Å². The summed E-state index contributed by atoms with van der Waals surface area (Å²) in [5.74, 6) is -0.121. The van der Waals surface area contributed by atoms with E-state index in [0.29, 0.717) is 59.4 Å². The predicted molar refractivity (Wildman–Crippen MR) is 69.1 cm³/mol. The topological polar surface area (TPSA) is 72.8 Å². The third kappa shape index (κ3) is 1.74. The Morgan fingerprint density at radius 3 is 2.47 bits per heavy atom. The second-order valence-electron chi connectivity index (χ2n) is 4.68. The van der Waals surface area contributed by atoms with Crippen molar-refractivity contribution in [3.8, 4) is 11.5 Å². The summed E-state index contributed by atoms with van der Waals surface area (Å²) in [6, 6.07) is 1.67. The van der Waals surface area contributed by atoms with Crippen molar-refractivity contribution in [2.75, 3.05) is 13.2 Å². The van der Waals surface area contributed by atoms with Crippen molar-refractivity contribution in [2.45, 2.75) is 18.3 Å². The van der Waals surface area contributed by atoms with Crippen LogP contribution in [0.5, 0.6) is 11.5 Å². The minimum absolute atomic E-state index is 0.346. The SMILES string of the molecule is O=Cc1c(Br)cc(C2(C(=O)O)CC2)c2c1OCCO2. The highest BCUT2D eigenvalue weighted by Crippen LogP contribution is 2.55. The zero-order valence-electron chi connectivity index (χ0n) is 9.94. The van der Waals surface area contributed by atoms with Crippen LogP contribution < -0.4 is 9.47 Å². The second kappa shape index (κ2) is 4.23. The van der Waals surface area contributed by atoms with E-state index < -0.39 is 11.4 Å². The fourth-order valence-electron chi connectivity index (χ4n) is 2.39. The summed E-state index contributed by atoms with van der Waals surface area (Å²) in [6.45, 7) is 0.708. The molecule has 0 bridgehead atoms. The van der Waals surface area contributed by atoms with Crippen LogP contribution >= 0.6 is 15.9 Å². The number of ether oxygens (including phenoxy) is 2. The lowest BCUT2D eigenvalue weighted by molar-refractivity contribution is -0.140. The number of rotatable bonds is 3. The Morgan fingerprint density at radius 2 is 1.95 bits per heavy atom. The van der Waals surface area contributed by atoms with Crippen molar-refractivity contribution < 1.29 is 24.2 Å². The lowest BCUT2D eigenvalue weighted by Crippen LogP contribution is -2.24. The summed E-state index contributed by atoms with van der Waals surface area (Å²) in [6.07, 6.45) is 1.83. The number of carbonyl (C=O) groups is 2. The quantitative estimate of drug-likeness (QED) is 0.861. The van der Waals surface area contributed by atoms with Crippen LogP contribution in [0, 0.1) is 0 Å². The molecule has 1 N–H and O–H groups in total. The maximum atomic E-state index is 11.5. The van der Waals surface area contributed by atoms with Gasteiger partial charge in [-0.1, -0.05) is 0 Å². The molecular formula is C13H11BrO5. The van der Waals surface area contributed by atoms with Gasteiger partial charge in [0, 0.05) is 10.0 Å². The minimum atomic E-state index is -0.894. The number of aldehydes is 1. The van der Waals surface area contributed by atoms with Gasteiger partial charge in [-0.2, -0.15) is 0 Å². The standard InChI is InChI=1S/C13H11BrO5/c14-9-5-8(13(1-2-13)12(16)17)11-10(7(9)6-15)18-3-4-19-11/h5-6H,1-4H2,(H,16,17). The zero-order chi connectivity index (χ0) is 13.6. The van der Waals surface area contributed by atoms with E-state index in [-0.39, 0.29) is 0 Å². The molecule has 3 rings (SSSR count). The van der Waals surface area contributed by atoms with Gasteiger partial charge in [0.15, 0.2) is 17.8 Å². The normalized spacial score (nSPS) is 18.8. The largest absolute Gasteiger partial charge is 0.486 e. The molecule has 1 heterocycles. The van der Waals surface area contributed by atoms with Crippen LogP contribution in [0.4, 0.5) is 0 Å². The first-order chi connectivity index (χ1) is 9.10. The molecule has 1 fully saturated rings. The van der Waals surface area contributed by atoms with Gasteiger partial charge in [-0.05, 0) is 34.8 Å². The molecular weight excluding hydrogens is 316 g/mol. The van der Waals surface area contributed by atoms with Gasteiger partial charge in [0.2, 0.25) is 0 Å². The van der Waals surface area contributed by atoms with Gasteiger partial charge in [-0.25, -0.2) is 0 Å². The third-order valence-electron chi connectivity index (χ3n) is 3.59. The molecule has 0 aromatic heterocycles. The molecule has 1 aromatic rings. The van der Waals surface area contributed by atoms with Gasteiger partial charge >= 0.3 is 5.97 Å². The van der Waals surface area contributed by atoms with Crippen molar-refractivity contribution in [1.29, 1.82) is 0 Å². The summed E-state index contributed by atoms with van der Waals surface area (Å²) >= 11 is 3.30. The number of carbonyl (C=O) groups excluding carboxylic acids is 1. The molecule has 1 aliphatic carbocycles. The number of hydrogen-bond acceptors (Lipinski definition) is 4. The first-order valence-corrected chi connectivity index (χ1v) is 6.70. The maximum absolute atomic E-state index is 11.5. The number of aliphatic carboxylic acids is 1. The molecule has 100 valence electrons. The van der Waals surface area contributed by atoms with Crippen LogP contribution in [0.25, 0.3) is 0 Å². The first kappa shape index (κ1) is 12.5. The lowest BCUT2D eigenvalue weighted by Gasteiger charge is -2.25. The maximum Gasteiger partial charge on any atom is 0.314 e. The number of fused-ring (bicyclic) bond motifs is 1. The Bertz CT molecular complexity index is 577. The fraction of sp³-hybridized carbons (Fsp3) is 0.385. The van der Waals surface area contributed by atoms with Gasteiger partial charge in [0.05, 0.1) is 11.0 Å². The van der Waals surface area contributed by atoms with Gasteiger partial charge in [-0.3, -0.25) is 9.59 Å². The zero-order valence-corrected chi connectivity index (χ0v) is 11.5. The summed E-state index contributed by atoms with van der Waals surface area (Å²) in [4.78, 5) is 22.6. The molecule has 0 spiro atoms. The van der Waals surface area contributed by atoms with Crippen LogP contribution in [0.15, 0.2) is 10.5 Å². The van der Waals surface area contributed by atoms with Crippen LogP contribution in [0.2, 0.25) is 0 Å². The van der Waals surface area contributed by atoms with E-state index in [4.69, 9.17) is 9.47 Å². The summed E-state index contributed by atoms with van der Waals surface area (Å²) in [5.41, 5.74) is 0.0566. The van der Waals surface area contributed by atoms with Crippen molar-refractivity contribution in [1.82, 2.24) is 0 Å². The van der Waals surface area contributed by atoms with Crippen LogP contribution in [0.1, 0.15) is 28.8 Å². The van der Waals surface area contributed by atoms with E-state index in [1.165, 1.54) is 0 Å². The summed E-state index contributed by atoms with van der Waals surface area (Å²) in [5, 5.41) is 9.39. The lowest BCUT2D eigenvalue weighted by atomic mass is 9.93. The average molecular weight is 327 g/mol. The molecule has 0 saturated heterocycles. The van der Waals surface area contributed by atoms with Crippen LogP contribution in [0.3, 0.4) is 0 Å². The fourth-order valence-corrected chi connectivity index (χ4v) is 2.89. The van der Waals surface area contributed by atoms with E-state index in [1.54, 1.807) is 6.07 Å². The molecule has 5 nitrogen and oxygen atoms in total. The average Bonchev–Trinajstić information content (AvgIpc) is 3.19. The number of halogens is 1. The monoisotopic (exact) mass is 326 g/mol.